The van der Waals surface area contributed by atoms with Crippen molar-refractivity contribution < 1.29 is 13.6 Å². The number of anilines is 3. The van der Waals surface area contributed by atoms with E-state index in [1.807, 2.05) is 0 Å². The van der Waals surface area contributed by atoms with Gasteiger partial charge in [0, 0.05) is 38.7 Å². The molecule has 1 aromatic carbocycles. The summed E-state index contributed by atoms with van der Waals surface area (Å²) in [6.45, 7) is 0.718. The van der Waals surface area contributed by atoms with Crippen LogP contribution in [-0.2, 0) is 4.79 Å². The van der Waals surface area contributed by atoms with Crippen LogP contribution in [0.1, 0.15) is 24.8 Å². The molecule has 7 nitrogen and oxygen atoms in total. The van der Waals surface area contributed by atoms with Crippen molar-refractivity contribution in [2.75, 3.05) is 30.8 Å². The molecule has 9 heteroatoms. The summed E-state index contributed by atoms with van der Waals surface area (Å²) in [5, 5.41) is 11.6. The maximum Gasteiger partial charge on any atom is 0.237 e. The van der Waals surface area contributed by atoms with Crippen LogP contribution in [0.5, 0.6) is 0 Å². The third kappa shape index (κ3) is 6.12. The highest BCUT2D eigenvalue weighted by molar-refractivity contribution is 5.82. The van der Waals surface area contributed by atoms with E-state index in [1.165, 1.54) is 12.1 Å². The molecule has 1 fully saturated rings. The van der Waals surface area contributed by atoms with Gasteiger partial charge >= 0.3 is 0 Å². The van der Waals surface area contributed by atoms with Gasteiger partial charge < -0.3 is 21.3 Å². The van der Waals surface area contributed by atoms with Crippen molar-refractivity contribution in [3.8, 4) is 11.8 Å². The van der Waals surface area contributed by atoms with Crippen molar-refractivity contribution in [3.63, 3.8) is 0 Å². The Morgan fingerprint density at radius 1 is 1.33 bits per heavy atom. The molecule has 0 saturated carbocycles. The first-order valence-electron chi connectivity index (χ1n) is 9.76. The number of aromatic nitrogens is 2. The first kappa shape index (κ1) is 21.5. The van der Waals surface area contributed by atoms with Crippen LogP contribution < -0.4 is 21.3 Å². The molecule has 30 heavy (non-hydrogen) atoms. The van der Waals surface area contributed by atoms with Crippen molar-refractivity contribution in [2.45, 2.75) is 31.5 Å². The number of carbonyl (C=O) groups excluding carboxylic acids is 1. The minimum Gasteiger partial charge on any atom is -0.372 e. The van der Waals surface area contributed by atoms with Gasteiger partial charge in [-0.2, -0.15) is 4.98 Å². The van der Waals surface area contributed by atoms with E-state index in [2.05, 4.69) is 43.1 Å². The van der Waals surface area contributed by atoms with E-state index in [0.717, 1.165) is 0 Å². The maximum absolute atomic E-state index is 13.1. The number of amides is 1. The van der Waals surface area contributed by atoms with Crippen LogP contribution in [0.2, 0.25) is 0 Å². The van der Waals surface area contributed by atoms with Gasteiger partial charge in [0.1, 0.15) is 17.8 Å². The zero-order chi connectivity index (χ0) is 21.3. The third-order valence-corrected chi connectivity index (χ3v) is 4.52. The highest BCUT2D eigenvalue weighted by Gasteiger charge is 2.28. The Balaban J connectivity index is 1.47. The Labute approximate surface area is 174 Å². The fourth-order valence-electron chi connectivity index (χ4n) is 2.95. The Morgan fingerprint density at radius 2 is 2.13 bits per heavy atom. The lowest BCUT2D eigenvalue weighted by atomic mass is 10.2. The highest BCUT2D eigenvalue weighted by atomic mass is 19.1. The number of unbranched alkanes of at least 4 members (excludes halogenated alkanes) is 1. The largest absolute Gasteiger partial charge is 0.372 e. The Bertz CT molecular complexity index is 925. The van der Waals surface area contributed by atoms with Gasteiger partial charge in [0.25, 0.3) is 0 Å². The van der Waals surface area contributed by atoms with Crippen molar-refractivity contribution in [3.05, 3.63) is 41.8 Å². The summed E-state index contributed by atoms with van der Waals surface area (Å²) in [6, 6.07) is 5.46. The summed E-state index contributed by atoms with van der Waals surface area (Å²) in [4.78, 5) is 20.5. The van der Waals surface area contributed by atoms with E-state index in [-0.39, 0.29) is 24.7 Å². The molecule has 1 aliphatic rings. The molecule has 1 amide bonds. The van der Waals surface area contributed by atoms with Crippen LogP contribution in [0.15, 0.2) is 30.5 Å². The Kier molecular flexibility index (Phi) is 7.51. The molecular weight excluding hydrogens is 390 g/mol. The molecule has 0 aliphatic carbocycles. The van der Waals surface area contributed by atoms with E-state index in [1.54, 1.807) is 25.4 Å². The highest BCUT2D eigenvalue weighted by Crippen LogP contribution is 2.17. The topological polar surface area (TPSA) is 91.0 Å². The predicted octanol–water partition coefficient (Wildman–Crippen LogP) is 2.35. The maximum atomic E-state index is 13.1. The fourth-order valence-corrected chi connectivity index (χ4v) is 2.95. The van der Waals surface area contributed by atoms with E-state index >= 15 is 0 Å². The second kappa shape index (κ2) is 10.5. The lowest BCUT2D eigenvalue weighted by Crippen LogP contribution is -2.40. The Morgan fingerprint density at radius 3 is 2.83 bits per heavy atom. The van der Waals surface area contributed by atoms with Gasteiger partial charge in [0.2, 0.25) is 11.9 Å². The number of halogens is 2. The summed E-state index contributed by atoms with van der Waals surface area (Å²) < 4.78 is 26.1. The monoisotopic (exact) mass is 414 g/mol. The van der Waals surface area contributed by atoms with Crippen LogP contribution in [0.25, 0.3) is 0 Å². The normalized spacial score (nSPS) is 17.7. The molecule has 2 atom stereocenters. The number of hydrogen-bond acceptors (Lipinski definition) is 6. The minimum absolute atomic E-state index is 0.168. The van der Waals surface area contributed by atoms with Crippen molar-refractivity contribution in [1.82, 2.24) is 20.6 Å². The van der Waals surface area contributed by atoms with Crippen LogP contribution in [0.4, 0.5) is 26.2 Å². The van der Waals surface area contributed by atoms with E-state index in [4.69, 9.17) is 0 Å². The summed E-state index contributed by atoms with van der Waals surface area (Å²) in [5.41, 5.74) is 1.32. The number of carbonyl (C=O) groups is 1. The van der Waals surface area contributed by atoms with Crippen LogP contribution in [-0.4, -0.2) is 48.2 Å². The summed E-state index contributed by atoms with van der Waals surface area (Å²) in [7, 11) is 1.74. The molecular formula is C21H24F2N6O. The second-order valence-electron chi connectivity index (χ2n) is 6.83. The number of benzene rings is 1. The average molecular weight is 414 g/mol. The van der Waals surface area contributed by atoms with Crippen molar-refractivity contribution >= 4 is 23.4 Å². The molecule has 1 saturated heterocycles. The Hall–Kier alpha value is -3.25. The van der Waals surface area contributed by atoms with Gasteiger partial charge in [-0.05, 0) is 30.7 Å². The van der Waals surface area contributed by atoms with Gasteiger partial charge in [-0.3, -0.25) is 4.79 Å². The van der Waals surface area contributed by atoms with Crippen molar-refractivity contribution in [1.29, 1.82) is 0 Å². The van der Waals surface area contributed by atoms with E-state index in [9.17, 15) is 13.6 Å². The SMILES string of the molecule is CNc1nc(Nc2ccc(F)cc2)ncc1C#CCCCNC(=O)C1C[C@H](F)CN1. The second-order valence-corrected chi connectivity index (χ2v) is 6.83. The van der Waals surface area contributed by atoms with E-state index < -0.39 is 12.2 Å². The zero-order valence-corrected chi connectivity index (χ0v) is 16.6. The van der Waals surface area contributed by atoms with E-state index in [0.29, 0.717) is 42.4 Å². The summed E-state index contributed by atoms with van der Waals surface area (Å²) in [6.07, 6.45) is 2.16. The molecule has 0 bridgehead atoms. The van der Waals surface area contributed by atoms with Gasteiger partial charge in [-0.15, -0.1) is 0 Å². The third-order valence-electron chi connectivity index (χ3n) is 4.52. The quantitative estimate of drug-likeness (QED) is 0.411. The van der Waals surface area contributed by atoms with Gasteiger partial charge in [-0.1, -0.05) is 11.8 Å². The van der Waals surface area contributed by atoms with Gasteiger partial charge in [-0.25, -0.2) is 13.8 Å². The fraction of sp³-hybridized carbons (Fsp3) is 0.381. The molecule has 158 valence electrons. The lowest BCUT2D eigenvalue weighted by molar-refractivity contribution is -0.122. The van der Waals surface area contributed by atoms with Gasteiger partial charge in [0.05, 0.1) is 17.8 Å². The predicted molar refractivity (Wildman–Crippen MR) is 112 cm³/mol. The molecule has 1 aromatic heterocycles. The molecule has 3 rings (SSSR count). The van der Waals surface area contributed by atoms with Crippen LogP contribution in [0.3, 0.4) is 0 Å². The average Bonchev–Trinajstić information content (AvgIpc) is 3.19. The summed E-state index contributed by atoms with van der Waals surface area (Å²) in [5.74, 6) is 6.53. The summed E-state index contributed by atoms with van der Waals surface area (Å²) >= 11 is 0. The first-order chi connectivity index (χ1) is 14.5. The molecule has 2 aromatic rings. The lowest BCUT2D eigenvalue weighted by Gasteiger charge is -2.09. The molecule has 1 unspecified atom stereocenters. The standard InChI is InChI=1S/C21H24F2N6O/c1-24-19-14(12-27-21(29-19)28-17-8-6-15(22)7-9-17)5-3-2-4-10-25-20(30)18-11-16(23)13-26-18/h6-9,12,16,18,26H,2,4,10-11,13H2,1H3,(H,25,30)(H2,24,27,28,29)/t16-,18?/m0/s1. The van der Waals surface area contributed by atoms with Crippen LogP contribution >= 0.6 is 0 Å². The molecule has 0 spiro atoms. The van der Waals surface area contributed by atoms with Gasteiger partial charge in [0.15, 0.2) is 0 Å². The number of nitrogens with one attached hydrogen (secondary N) is 4. The first-order valence-corrected chi connectivity index (χ1v) is 9.76. The molecule has 2 heterocycles. The number of alkyl halides is 1. The minimum atomic E-state index is -0.951. The number of hydrogen-bond donors (Lipinski definition) is 4. The molecule has 0 radical (unpaired) electrons. The van der Waals surface area contributed by atoms with Crippen LogP contribution in [0, 0.1) is 17.7 Å². The number of nitrogens with zero attached hydrogens (tertiary/aromatic N) is 2. The smallest absolute Gasteiger partial charge is 0.237 e. The van der Waals surface area contributed by atoms with Crippen molar-refractivity contribution in [2.24, 2.45) is 0 Å². The molecule has 1 aliphatic heterocycles. The zero-order valence-electron chi connectivity index (χ0n) is 16.6. The molecule has 4 N–H and O–H groups in total. The number of rotatable bonds is 7.